The molecule has 0 saturated carbocycles. The van der Waals surface area contributed by atoms with E-state index in [-0.39, 0.29) is 5.82 Å². The van der Waals surface area contributed by atoms with Crippen molar-refractivity contribution in [1.82, 2.24) is 10.2 Å². The number of ether oxygens (including phenoxy) is 1. The van der Waals surface area contributed by atoms with Crippen molar-refractivity contribution in [2.75, 3.05) is 12.8 Å². The predicted octanol–water partition coefficient (Wildman–Crippen LogP) is 2.12. The fourth-order valence-corrected chi connectivity index (χ4v) is 1.71. The topological polar surface area (TPSA) is 63.9 Å². The number of aromatic amines is 1. The van der Waals surface area contributed by atoms with E-state index in [1.54, 1.807) is 20.1 Å². The second-order valence-corrected chi connectivity index (χ2v) is 3.45. The molecule has 0 fully saturated rings. The first kappa shape index (κ1) is 10.5. The summed E-state index contributed by atoms with van der Waals surface area (Å²) in [7, 11) is 1.54. The highest BCUT2D eigenvalue weighted by molar-refractivity contribution is 5.77. The zero-order chi connectivity index (χ0) is 11.7. The van der Waals surface area contributed by atoms with Crippen LogP contribution in [0.4, 0.5) is 10.2 Å². The summed E-state index contributed by atoms with van der Waals surface area (Å²) in [5, 5.41) is 6.36. The van der Waals surface area contributed by atoms with Crippen LogP contribution in [0.1, 0.15) is 5.56 Å². The minimum absolute atomic E-state index is 0.341. The number of anilines is 1. The highest BCUT2D eigenvalue weighted by Gasteiger charge is 2.15. The van der Waals surface area contributed by atoms with Crippen LogP contribution >= 0.6 is 0 Å². The van der Waals surface area contributed by atoms with E-state index in [4.69, 9.17) is 10.5 Å². The molecule has 5 heteroatoms. The summed E-state index contributed by atoms with van der Waals surface area (Å²) in [5.74, 6) is 0.624. The molecule has 0 amide bonds. The van der Waals surface area contributed by atoms with Gasteiger partial charge < -0.3 is 10.5 Å². The van der Waals surface area contributed by atoms with Crippen LogP contribution in [0.2, 0.25) is 0 Å². The quantitative estimate of drug-likeness (QED) is 0.816. The van der Waals surface area contributed by atoms with Crippen LogP contribution in [0.15, 0.2) is 18.3 Å². The van der Waals surface area contributed by atoms with Gasteiger partial charge in [0.15, 0.2) is 0 Å². The fourth-order valence-electron chi connectivity index (χ4n) is 1.71. The Morgan fingerprint density at radius 1 is 1.44 bits per heavy atom. The van der Waals surface area contributed by atoms with Gasteiger partial charge in [-0.05, 0) is 19.1 Å². The molecule has 4 nitrogen and oxygen atoms in total. The molecule has 0 radical (unpaired) electrons. The number of nitrogen functional groups attached to an aromatic ring is 1. The third-order valence-corrected chi connectivity index (χ3v) is 2.52. The number of hydrogen-bond acceptors (Lipinski definition) is 3. The average Bonchev–Trinajstić information content (AvgIpc) is 2.66. The molecule has 0 spiro atoms. The summed E-state index contributed by atoms with van der Waals surface area (Å²) in [4.78, 5) is 0. The van der Waals surface area contributed by atoms with Gasteiger partial charge in [-0.15, -0.1) is 0 Å². The SMILES string of the molecule is COc1ccc(F)c(-c2cn[nH]c2N)c1C. The third-order valence-electron chi connectivity index (χ3n) is 2.52. The van der Waals surface area contributed by atoms with Crippen LogP contribution in [-0.2, 0) is 0 Å². The highest BCUT2D eigenvalue weighted by Crippen LogP contribution is 2.34. The molecule has 0 aliphatic rings. The fraction of sp³-hybridized carbons (Fsp3) is 0.182. The maximum atomic E-state index is 13.8. The molecule has 84 valence electrons. The summed E-state index contributed by atoms with van der Waals surface area (Å²) >= 11 is 0. The number of nitrogens with two attached hydrogens (primary N) is 1. The number of methoxy groups -OCH3 is 1. The number of nitrogens with zero attached hydrogens (tertiary/aromatic N) is 1. The van der Waals surface area contributed by atoms with Crippen molar-refractivity contribution >= 4 is 5.82 Å². The molecule has 3 N–H and O–H groups in total. The van der Waals surface area contributed by atoms with Crippen LogP contribution in [0.5, 0.6) is 5.75 Å². The van der Waals surface area contributed by atoms with Crippen LogP contribution in [0.3, 0.4) is 0 Å². The second kappa shape index (κ2) is 3.84. The van der Waals surface area contributed by atoms with E-state index in [9.17, 15) is 4.39 Å². The van der Waals surface area contributed by atoms with E-state index >= 15 is 0 Å². The predicted molar refractivity (Wildman–Crippen MR) is 59.7 cm³/mol. The van der Waals surface area contributed by atoms with Crippen LogP contribution < -0.4 is 10.5 Å². The Hall–Kier alpha value is -2.04. The lowest BCUT2D eigenvalue weighted by Crippen LogP contribution is -1.96. The molecule has 0 aliphatic heterocycles. The monoisotopic (exact) mass is 221 g/mol. The molecule has 1 aromatic carbocycles. The lowest BCUT2D eigenvalue weighted by Gasteiger charge is -2.10. The number of rotatable bonds is 2. The van der Waals surface area contributed by atoms with E-state index in [0.717, 1.165) is 0 Å². The Bertz CT molecular complexity index is 522. The van der Waals surface area contributed by atoms with Gasteiger partial charge in [-0.1, -0.05) is 0 Å². The lowest BCUT2D eigenvalue weighted by molar-refractivity contribution is 0.411. The zero-order valence-corrected chi connectivity index (χ0v) is 9.04. The molecule has 1 heterocycles. The van der Waals surface area contributed by atoms with Gasteiger partial charge in [0.25, 0.3) is 0 Å². The Kier molecular flexibility index (Phi) is 2.52. The zero-order valence-electron chi connectivity index (χ0n) is 9.04. The second-order valence-electron chi connectivity index (χ2n) is 3.45. The van der Waals surface area contributed by atoms with E-state index < -0.39 is 0 Å². The first-order valence-electron chi connectivity index (χ1n) is 4.77. The van der Waals surface area contributed by atoms with E-state index in [2.05, 4.69) is 10.2 Å². The number of aromatic nitrogens is 2. The number of H-pyrrole nitrogens is 1. The standard InChI is InChI=1S/C11H12FN3O/c1-6-9(16-2)4-3-8(12)10(6)7-5-14-15-11(7)13/h3-5H,1-2H3,(H3,13,14,15). The van der Waals surface area contributed by atoms with Crippen molar-refractivity contribution in [3.05, 3.63) is 29.7 Å². The number of hydrogen-bond donors (Lipinski definition) is 2. The van der Waals surface area contributed by atoms with Gasteiger partial charge in [0.05, 0.1) is 13.3 Å². The molecule has 16 heavy (non-hydrogen) atoms. The summed E-state index contributed by atoms with van der Waals surface area (Å²) < 4.78 is 18.9. The third kappa shape index (κ3) is 1.50. The van der Waals surface area contributed by atoms with E-state index in [1.807, 2.05) is 0 Å². The number of benzene rings is 1. The van der Waals surface area contributed by atoms with E-state index in [1.165, 1.54) is 12.3 Å². The summed E-state index contributed by atoms with van der Waals surface area (Å²) in [5.41, 5.74) is 7.35. The summed E-state index contributed by atoms with van der Waals surface area (Å²) in [6, 6.07) is 2.94. The molecular weight excluding hydrogens is 209 g/mol. The van der Waals surface area contributed by atoms with Crippen molar-refractivity contribution in [1.29, 1.82) is 0 Å². The van der Waals surface area contributed by atoms with E-state index in [0.29, 0.717) is 28.3 Å². The van der Waals surface area contributed by atoms with Gasteiger partial charge in [0.2, 0.25) is 0 Å². The number of nitrogens with one attached hydrogen (secondary N) is 1. The van der Waals surface area contributed by atoms with Gasteiger partial charge in [-0.2, -0.15) is 5.10 Å². The van der Waals surface area contributed by atoms with Gasteiger partial charge in [-0.25, -0.2) is 4.39 Å². The average molecular weight is 221 g/mol. The lowest BCUT2D eigenvalue weighted by atomic mass is 10.0. The molecule has 0 aliphatic carbocycles. The highest BCUT2D eigenvalue weighted by atomic mass is 19.1. The van der Waals surface area contributed by atoms with Gasteiger partial charge in [0, 0.05) is 16.7 Å². The molecule has 2 aromatic rings. The van der Waals surface area contributed by atoms with Crippen molar-refractivity contribution in [3.8, 4) is 16.9 Å². The molecule has 2 rings (SSSR count). The van der Waals surface area contributed by atoms with Crippen molar-refractivity contribution in [2.24, 2.45) is 0 Å². The Morgan fingerprint density at radius 2 is 2.19 bits per heavy atom. The summed E-state index contributed by atoms with van der Waals surface area (Å²) in [6.45, 7) is 1.78. The maximum Gasteiger partial charge on any atom is 0.131 e. The molecule has 0 atom stereocenters. The Balaban J connectivity index is 2.69. The Labute approximate surface area is 92.2 Å². The van der Waals surface area contributed by atoms with Gasteiger partial charge >= 0.3 is 0 Å². The normalized spacial score (nSPS) is 10.4. The minimum atomic E-state index is -0.341. The van der Waals surface area contributed by atoms with Gasteiger partial charge in [-0.3, -0.25) is 5.10 Å². The Morgan fingerprint density at radius 3 is 2.75 bits per heavy atom. The minimum Gasteiger partial charge on any atom is -0.496 e. The molecule has 1 aromatic heterocycles. The maximum absolute atomic E-state index is 13.8. The van der Waals surface area contributed by atoms with Crippen molar-refractivity contribution in [2.45, 2.75) is 6.92 Å². The molecule has 0 unspecified atom stereocenters. The molecule has 0 saturated heterocycles. The first-order valence-corrected chi connectivity index (χ1v) is 4.77. The smallest absolute Gasteiger partial charge is 0.131 e. The van der Waals surface area contributed by atoms with Crippen molar-refractivity contribution < 1.29 is 9.13 Å². The van der Waals surface area contributed by atoms with Crippen LogP contribution in [0, 0.1) is 12.7 Å². The first-order chi connectivity index (χ1) is 7.65. The van der Waals surface area contributed by atoms with Crippen molar-refractivity contribution in [3.63, 3.8) is 0 Å². The summed E-state index contributed by atoms with van der Waals surface area (Å²) in [6.07, 6.45) is 1.50. The largest absolute Gasteiger partial charge is 0.496 e. The molecule has 0 bridgehead atoms. The van der Waals surface area contributed by atoms with Crippen LogP contribution in [-0.4, -0.2) is 17.3 Å². The molecular formula is C11H12FN3O. The van der Waals surface area contributed by atoms with Crippen LogP contribution in [0.25, 0.3) is 11.1 Å². The van der Waals surface area contributed by atoms with Gasteiger partial charge in [0.1, 0.15) is 17.4 Å². The number of halogens is 1.